The molecular weight excluding hydrogens is 358 g/mol. The summed E-state index contributed by atoms with van der Waals surface area (Å²) in [4.78, 5) is 27.6. The van der Waals surface area contributed by atoms with Crippen molar-refractivity contribution in [1.29, 1.82) is 0 Å². The van der Waals surface area contributed by atoms with Gasteiger partial charge in [-0.2, -0.15) is 0 Å². The van der Waals surface area contributed by atoms with Gasteiger partial charge in [0.1, 0.15) is 28.5 Å². The molecule has 2 rings (SSSR count). The number of nitrogens with one attached hydrogen (secondary N) is 2. The molecular formula is C17H24N3O3S2+. The summed E-state index contributed by atoms with van der Waals surface area (Å²) in [6, 6.07) is 4.12. The first-order valence-corrected chi connectivity index (χ1v) is 9.87. The molecule has 6 nitrogen and oxygen atoms in total. The van der Waals surface area contributed by atoms with E-state index >= 15 is 0 Å². The summed E-state index contributed by atoms with van der Waals surface area (Å²) >= 11 is 2.84. The average molecular weight is 383 g/mol. The van der Waals surface area contributed by atoms with Gasteiger partial charge in [0.2, 0.25) is 0 Å². The first-order chi connectivity index (χ1) is 12.0. The largest absolute Gasteiger partial charge is 0.462 e. The Balaban J connectivity index is 2.37. The second-order valence-electron chi connectivity index (χ2n) is 5.49. The minimum absolute atomic E-state index is 0.228. The summed E-state index contributed by atoms with van der Waals surface area (Å²) in [5, 5.41) is 5.01. The highest BCUT2D eigenvalue weighted by Crippen LogP contribution is 2.31. The summed E-state index contributed by atoms with van der Waals surface area (Å²) in [5.41, 5.74) is 7.06. The number of hydrogen-bond donors (Lipinski definition) is 3. The first kappa shape index (κ1) is 19.4. The number of carbonyl (C=O) groups excluding carboxylic acids is 2. The van der Waals surface area contributed by atoms with Crippen LogP contribution in [0.15, 0.2) is 17.5 Å². The lowest BCUT2D eigenvalue weighted by molar-refractivity contribution is -0.925. The second kappa shape index (κ2) is 8.98. The Morgan fingerprint density at radius 3 is 2.64 bits per heavy atom. The van der Waals surface area contributed by atoms with E-state index in [1.165, 1.54) is 9.78 Å². The Morgan fingerprint density at radius 1 is 1.32 bits per heavy atom. The van der Waals surface area contributed by atoms with Crippen LogP contribution >= 0.6 is 22.7 Å². The van der Waals surface area contributed by atoms with Crippen molar-refractivity contribution < 1.29 is 19.2 Å². The maximum Gasteiger partial charge on any atom is 0.341 e. The average Bonchev–Trinajstić information content (AvgIpc) is 3.21. The van der Waals surface area contributed by atoms with E-state index in [1.807, 2.05) is 11.4 Å². The minimum Gasteiger partial charge on any atom is -0.462 e. The molecule has 2 aromatic rings. The molecule has 0 fully saturated rings. The van der Waals surface area contributed by atoms with Crippen LogP contribution < -0.4 is 16.0 Å². The fraction of sp³-hybridized carbons (Fsp3) is 0.412. The third kappa shape index (κ3) is 4.59. The van der Waals surface area contributed by atoms with Crippen LogP contribution in [0.4, 0.5) is 5.00 Å². The van der Waals surface area contributed by atoms with Crippen molar-refractivity contribution in [2.75, 3.05) is 25.9 Å². The Morgan fingerprint density at radius 2 is 2.08 bits per heavy atom. The number of ether oxygens (including phenoxy) is 1. The highest BCUT2D eigenvalue weighted by atomic mass is 32.1. The molecule has 0 aliphatic rings. The van der Waals surface area contributed by atoms with Crippen molar-refractivity contribution in [2.24, 2.45) is 0 Å². The molecule has 1 atom stereocenters. The number of hydrogen-bond acceptors (Lipinski definition) is 6. The number of esters is 1. The van der Waals surface area contributed by atoms with Crippen LogP contribution in [0.5, 0.6) is 0 Å². The zero-order valence-electron chi connectivity index (χ0n) is 14.7. The van der Waals surface area contributed by atoms with E-state index in [9.17, 15) is 9.59 Å². The van der Waals surface area contributed by atoms with Crippen LogP contribution in [0.3, 0.4) is 0 Å². The van der Waals surface area contributed by atoms with Crippen molar-refractivity contribution >= 4 is 39.6 Å². The smallest absolute Gasteiger partial charge is 0.341 e. The molecule has 1 amide bonds. The van der Waals surface area contributed by atoms with E-state index in [1.54, 1.807) is 25.3 Å². The molecule has 1 unspecified atom stereocenters. The van der Waals surface area contributed by atoms with E-state index in [2.05, 4.69) is 18.3 Å². The third-order valence-electron chi connectivity index (χ3n) is 3.88. The van der Waals surface area contributed by atoms with Gasteiger partial charge >= 0.3 is 5.97 Å². The zero-order valence-corrected chi connectivity index (χ0v) is 16.3. The molecule has 0 aliphatic carbocycles. The van der Waals surface area contributed by atoms with Crippen molar-refractivity contribution in [3.8, 4) is 0 Å². The second-order valence-corrected chi connectivity index (χ2v) is 7.57. The van der Waals surface area contributed by atoms with Crippen LogP contribution in [0.2, 0.25) is 0 Å². The molecule has 0 saturated carbocycles. The monoisotopic (exact) mass is 382 g/mol. The lowest BCUT2D eigenvalue weighted by Gasteiger charge is -2.18. The standard InChI is InChI=1S/C17H23N3O3S2/c1-4-20(9-11-7-6-8-24-11)10-12-13(17(22)23-5-2)15(18)25-14(12)16(21)19-3/h6-8H,4-5,9-10,18H2,1-3H3,(H,19,21)/p+1. The molecule has 4 N–H and O–H groups in total. The summed E-state index contributed by atoms with van der Waals surface area (Å²) in [7, 11) is 1.57. The third-order valence-corrected chi connectivity index (χ3v) is 5.81. The molecule has 0 bridgehead atoms. The van der Waals surface area contributed by atoms with Crippen molar-refractivity contribution in [3.63, 3.8) is 0 Å². The van der Waals surface area contributed by atoms with Crippen LogP contribution in [-0.2, 0) is 17.8 Å². The SMILES string of the molecule is CCOC(=O)c1c(N)sc(C(=O)NC)c1C[NH+](CC)Cc1cccs1. The molecule has 0 saturated heterocycles. The van der Waals surface area contributed by atoms with Crippen LogP contribution in [0.1, 0.15) is 44.3 Å². The van der Waals surface area contributed by atoms with E-state index in [4.69, 9.17) is 10.5 Å². The molecule has 0 aromatic carbocycles. The van der Waals surface area contributed by atoms with Gasteiger partial charge in [0.05, 0.1) is 18.0 Å². The van der Waals surface area contributed by atoms with Crippen molar-refractivity contribution in [2.45, 2.75) is 26.9 Å². The summed E-state index contributed by atoms with van der Waals surface area (Å²) in [6.07, 6.45) is 0. The zero-order chi connectivity index (χ0) is 18.4. The van der Waals surface area contributed by atoms with Crippen LogP contribution in [0, 0.1) is 0 Å². The van der Waals surface area contributed by atoms with Crippen molar-refractivity contribution in [1.82, 2.24) is 5.32 Å². The van der Waals surface area contributed by atoms with Gasteiger partial charge in [0, 0.05) is 12.6 Å². The highest BCUT2D eigenvalue weighted by Gasteiger charge is 2.29. The van der Waals surface area contributed by atoms with Gasteiger partial charge in [-0.1, -0.05) is 6.07 Å². The fourth-order valence-corrected chi connectivity index (χ4v) is 4.40. The summed E-state index contributed by atoms with van der Waals surface area (Å²) in [5.74, 6) is -0.693. The van der Waals surface area contributed by atoms with Gasteiger partial charge in [-0.25, -0.2) is 4.79 Å². The van der Waals surface area contributed by atoms with E-state index < -0.39 is 5.97 Å². The Labute approximate surface area is 155 Å². The Bertz CT molecular complexity index is 726. The number of anilines is 1. The van der Waals surface area contributed by atoms with E-state index in [0.717, 1.165) is 24.4 Å². The van der Waals surface area contributed by atoms with E-state index in [-0.39, 0.29) is 12.5 Å². The molecule has 25 heavy (non-hydrogen) atoms. The van der Waals surface area contributed by atoms with Gasteiger partial charge in [0.25, 0.3) is 5.91 Å². The molecule has 2 aromatic heterocycles. The molecule has 0 radical (unpaired) electrons. The van der Waals surface area contributed by atoms with Crippen LogP contribution in [0.25, 0.3) is 0 Å². The summed E-state index contributed by atoms with van der Waals surface area (Å²) in [6.45, 7) is 6.34. The predicted molar refractivity (Wildman–Crippen MR) is 101 cm³/mol. The van der Waals surface area contributed by atoms with Gasteiger partial charge in [-0.15, -0.1) is 22.7 Å². The Hall–Kier alpha value is -1.90. The number of carbonyl (C=O) groups is 2. The highest BCUT2D eigenvalue weighted by molar-refractivity contribution is 7.18. The number of quaternary nitrogens is 1. The number of thiophene rings is 2. The maximum atomic E-state index is 12.4. The van der Waals surface area contributed by atoms with Gasteiger partial charge in [-0.3, -0.25) is 4.79 Å². The molecule has 0 aliphatic heterocycles. The molecule has 0 spiro atoms. The number of rotatable bonds is 8. The molecule has 2 heterocycles. The lowest BCUT2D eigenvalue weighted by Crippen LogP contribution is -3.09. The topological polar surface area (TPSA) is 85.9 Å². The van der Waals surface area contributed by atoms with Gasteiger partial charge in [-0.05, 0) is 25.3 Å². The van der Waals surface area contributed by atoms with Gasteiger partial charge in [0.15, 0.2) is 0 Å². The van der Waals surface area contributed by atoms with Gasteiger partial charge < -0.3 is 20.7 Å². The summed E-state index contributed by atoms with van der Waals surface area (Å²) < 4.78 is 5.15. The predicted octanol–water partition coefficient (Wildman–Crippen LogP) is 1.53. The molecule has 8 heteroatoms. The first-order valence-electron chi connectivity index (χ1n) is 8.18. The maximum absolute atomic E-state index is 12.4. The number of amides is 1. The van der Waals surface area contributed by atoms with Crippen molar-refractivity contribution in [3.05, 3.63) is 38.4 Å². The molecule has 136 valence electrons. The number of nitrogen functional groups attached to an aromatic ring is 1. The number of nitrogens with two attached hydrogens (primary N) is 1. The normalized spacial score (nSPS) is 12.0. The quantitative estimate of drug-likeness (QED) is 0.605. The van der Waals surface area contributed by atoms with E-state index in [0.29, 0.717) is 27.5 Å². The lowest BCUT2D eigenvalue weighted by atomic mass is 10.1. The van der Waals surface area contributed by atoms with Crippen LogP contribution in [-0.4, -0.2) is 32.1 Å². The fourth-order valence-electron chi connectivity index (χ4n) is 2.60. The Kier molecular flexibility index (Phi) is 6.98. The minimum atomic E-state index is -0.465.